The maximum Gasteiger partial charge on any atom is 0.325 e. The maximum absolute atomic E-state index is 11.8. The summed E-state index contributed by atoms with van der Waals surface area (Å²) >= 11 is 1.71. The van der Waals surface area contributed by atoms with Crippen LogP contribution in [-0.2, 0) is 11.2 Å². The number of hydrogen-bond donors (Lipinski definition) is 1. The summed E-state index contributed by atoms with van der Waals surface area (Å²) in [6.07, 6.45) is 7.15. The van der Waals surface area contributed by atoms with Crippen molar-refractivity contribution in [2.24, 2.45) is 5.92 Å². The molecule has 0 bridgehead atoms. The lowest BCUT2D eigenvalue weighted by atomic mass is 9.82. The number of carbonyl (C=O) groups is 1. The molecule has 3 nitrogen and oxygen atoms in total. The molecule has 1 atom stereocenters. The smallest absolute Gasteiger partial charge is 0.325 e. The second kappa shape index (κ2) is 5.86. The lowest BCUT2D eigenvalue weighted by Gasteiger charge is -2.42. The number of hydrogen-bond acceptors (Lipinski definition) is 3. The fraction of sp³-hybridized carbons (Fsp3) is 0.688. The Labute approximate surface area is 124 Å². The van der Waals surface area contributed by atoms with Crippen LogP contribution in [0.25, 0.3) is 0 Å². The average Bonchev–Trinajstić information content (AvgIpc) is 2.94. The van der Waals surface area contributed by atoms with Gasteiger partial charge in [0.1, 0.15) is 6.04 Å². The molecule has 2 heterocycles. The molecule has 0 amide bonds. The minimum atomic E-state index is -0.679. The second-order valence-electron chi connectivity index (χ2n) is 6.11. The van der Waals surface area contributed by atoms with Gasteiger partial charge < -0.3 is 5.11 Å². The Balaban J connectivity index is 1.78. The van der Waals surface area contributed by atoms with Gasteiger partial charge in [-0.15, -0.1) is 11.3 Å². The Morgan fingerprint density at radius 2 is 2.15 bits per heavy atom. The van der Waals surface area contributed by atoms with Crippen molar-refractivity contribution < 1.29 is 9.90 Å². The normalized spacial score (nSPS) is 30.9. The molecule has 20 heavy (non-hydrogen) atoms. The van der Waals surface area contributed by atoms with Crippen LogP contribution in [-0.4, -0.2) is 28.6 Å². The fourth-order valence-electron chi connectivity index (χ4n) is 3.89. The third-order valence-electron chi connectivity index (χ3n) is 5.10. The molecule has 0 radical (unpaired) electrons. The predicted molar refractivity (Wildman–Crippen MR) is 81.1 cm³/mol. The Morgan fingerprint density at radius 1 is 1.40 bits per heavy atom. The summed E-state index contributed by atoms with van der Waals surface area (Å²) < 4.78 is 0. The highest BCUT2D eigenvalue weighted by atomic mass is 32.1. The van der Waals surface area contributed by atoms with E-state index in [-0.39, 0.29) is 0 Å². The molecule has 0 aromatic carbocycles. The average molecular weight is 293 g/mol. The molecule has 1 aromatic rings. The minimum absolute atomic E-state index is 0.409. The van der Waals surface area contributed by atoms with Crippen LogP contribution in [0.2, 0.25) is 0 Å². The summed E-state index contributed by atoms with van der Waals surface area (Å²) in [4.78, 5) is 15.3. The first kappa shape index (κ1) is 14.1. The van der Waals surface area contributed by atoms with Crippen LogP contribution in [0.3, 0.4) is 0 Å². The molecule has 1 N–H and O–H groups in total. The predicted octanol–water partition coefficient (Wildman–Crippen LogP) is 3.70. The van der Waals surface area contributed by atoms with E-state index in [0.717, 1.165) is 24.4 Å². The molecule has 3 rings (SSSR count). The number of thiophene rings is 1. The largest absolute Gasteiger partial charge is 0.480 e. The zero-order valence-electron chi connectivity index (χ0n) is 12.0. The molecule has 1 aliphatic carbocycles. The van der Waals surface area contributed by atoms with E-state index in [1.807, 2.05) is 11.4 Å². The lowest BCUT2D eigenvalue weighted by Crippen LogP contribution is -2.46. The fourth-order valence-corrected chi connectivity index (χ4v) is 4.79. The van der Waals surface area contributed by atoms with Crippen molar-refractivity contribution in [2.75, 3.05) is 6.54 Å². The molecule has 1 aliphatic heterocycles. The molecule has 110 valence electrons. The monoisotopic (exact) mass is 293 g/mol. The summed E-state index contributed by atoms with van der Waals surface area (Å²) in [5.41, 5.74) is 1.05. The number of rotatable bonds is 3. The first-order chi connectivity index (χ1) is 9.70. The third kappa shape index (κ3) is 2.51. The maximum atomic E-state index is 11.8. The van der Waals surface area contributed by atoms with Gasteiger partial charge in [-0.25, -0.2) is 0 Å². The summed E-state index contributed by atoms with van der Waals surface area (Å²) in [5, 5.41) is 11.7. The molecule has 1 aromatic heterocycles. The Kier molecular flexibility index (Phi) is 4.13. The van der Waals surface area contributed by atoms with Gasteiger partial charge in [-0.1, -0.05) is 13.3 Å². The van der Waals surface area contributed by atoms with E-state index in [1.54, 1.807) is 11.3 Å². The summed E-state index contributed by atoms with van der Waals surface area (Å²) in [6.45, 7) is 3.18. The zero-order chi connectivity index (χ0) is 14.1. The Morgan fingerprint density at radius 3 is 2.80 bits per heavy atom. The van der Waals surface area contributed by atoms with E-state index in [9.17, 15) is 9.90 Å². The highest BCUT2D eigenvalue weighted by Crippen LogP contribution is 2.39. The van der Waals surface area contributed by atoms with Crippen LogP contribution in [0.5, 0.6) is 0 Å². The van der Waals surface area contributed by atoms with Crippen molar-refractivity contribution in [3.05, 3.63) is 21.9 Å². The first-order valence-corrected chi connectivity index (χ1v) is 8.63. The molecule has 0 saturated heterocycles. The molecular formula is C16H23NO2S. The highest BCUT2D eigenvalue weighted by Gasteiger charge is 2.38. The van der Waals surface area contributed by atoms with Gasteiger partial charge in [0.25, 0.3) is 0 Å². The van der Waals surface area contributed by atoms with E-state index in [2.05, 4.69) is 11.8 Å². The van der Waals surface area contributed by atoms with Crippen molar-refractivity contribution in [2.45, 2.75) is 57.5 Å². The van der Waals surface area contributed by atoms with Crippen LogP contribution < -0.4 is 0 Å². The second-order valence-corrected chi connectivity index (χ2v) is 7.11. The van der Waals surface area contributed by atoms with Crippen molar-refractivity contribution >= 4 is 17.3 Å². The van der Waals surface area contributed by atoms with Gasteiger partial charge in [0.15, 0.2) is 0 Å². The number of nitrogens with zero attached hydrogens (tertiary/aromatic N) is 1. The van der Waals surface area contributed by atoms with Crippen LogP contribution >= 0.6 is 11.3 Å². The van der Waals surface area contributed by atoms with Gasteiger partial charge in [-0.2, -0.15) is 0 Å². The van der Waals surface area contributed by atoms with E-state index >= 15 is 0 Å². The van der Waals surface area contributed by atoms with Gasteiger partial charge in [0, 0.05) is 17.5 Å². The van der Waals surface area contributed by atoms with Crippen molar-refractivity contribution in [1.29, 1.82) is 0 Å². The summed E-state index contributed by atoms with van der Waals surface area (Å²) in [7, 11) is 0. The molecule has 1 fully saturated rings. The quantitative estimate of drug-likeness (QED) is 0.923. The van der Waals surface area contributed by atoms with E-state index < -0.39 is 12.0 Å². The van der Waals surface area contributed by atoms with Gasteiger partial charge in [-0.3, -0.25) is 9.69 Å². The molecule has 1 saturated carbocycles. The molecular weight excluding hydrogens is 270 g/mol. The number of carboxylic acids is 1. The summed E-state index contributed by atoms with van der Waals surface area (Å²) in [5.74, 6) is 0.179. The number of aliphatic carboxylic acids is 1. The van der Waals surface area contributed by atoms with E-state index in [4.69, 9.17) is 0 Å². The highest BCUT2D eigenvalue weighted by molar-refractivity contribution is 7.10. The Bertz CT molecular complexity index is 477. The van der Waals surface area contributed by atoms with Gasteiger partial charge >= 0.3 is 5.97 Å². The van der Waals surface area contributed by atoms with Crippen molar-refractivity contribution in [3.8, 4) is 0 Å². The zero-order valence-corrected chi connectivity index (χ0v) is 12.9. The SMILES string of the molecule is CCC1CCC(N2CCc3sccc3C2C(=O)O)CC1. The van der Waals surface area contributed by atoms with Crippen LogP contribution in [0.1, 0.15) is 55.5 Å². The van der Waals surface area contributed by atoms with Crippen molar-refractivity contribution in [1.82, 2.24) is 4.90 Å². The van der Waals surface area contributed by atoms with Gasteiger partial charge in [0.05, 0.1) is 0 Å². The van der Waals surface area contributed by atoms with E-state index in [0.29, 0.717) is 6.04 Å². The van der Waals surface area contributed by atoms with E-state index in [1.165, 1.54) is 37.0 Å². The molecule has 2 aliphatic rings. The standard InChI is InChI=1S/C16H23NO2S/c1-2-11-3-5-12(6-4-11)17-9-7-14-13(8-10-20-14)15(17)16(18)19/h8,10-12,15H,2-7,9H2,1H3,(H,18,19). The van der Waals surface area contributed by atoms with Crippen LogP contribution in [0, 0.1) is 5.92 Å². The number of fused-ring (bicyclic) bond motifs is 1. The Hall–Kier alpha value is -0.870. The van der Waals surface area contributed by atoms with Gasteiger partial charge in [-0.05, 0) is 55.0 Å². The molecule has 0 spiro atoms. The third-order valence-corrected chi connectivity index (χ3v) is 6.10. The van der Waals surface area contributed by atoms with Crippen molar-refractivity contribution in [3.63, 3.8) is 0 Å². The molecule has 1 unspecified atom stereocenters. The lowest BCUT2D eigenvalue weighted by molar-refractivity contribution is -0.145. The summed E-state index contributed by atoms with van der Waals surface area (Å²) in [6, 6.07) is 2.07. The first-order valence-electron chi connectivity index (χ1n) is 7.75. The van der Waals surface area contributed by atoms with Crippen LogP contribution in [0.15, 0.2) is 11.4 Å². The van der Waals surface area contributed by atoms with Gasteiger partial charge in [0.2, 0.25) is 0 Å². The molecule has 4 heteroatoms. The minimum Gasteiger partial charge on any atom is -0.480 e. The number of carboxylic acid groups (broad SMARTS) is 1. The topological polar surface area (TPSA) is 40.5 Å². The van der Waals surface area contributed by atoms with Crippen LogP contribution in [0.4, 0.5) is 0 Å².